The number of benzene rings is 2. The number of ether oxygens (including phenoxy) is 2. The van der Waals surface area contributed by atoms with Gasteiger partial charge in [-0.3, -0.25) is 4.90 Å². The van der Waals surface area contributed by atoms with Crippen LogP contribution in [0, 0.1) is 6.92 Å². The van der Waals surface area contributed by atoms with Gasteiger partial charge in [-0.15, -0.1) is 0 Å². The van der Waals surface area contributed by atoms with Crippen molar-refractivity contribution in [1.82, 2.24) is 15.0 Å². The van der Waals surface area contributed by atoms with Gasteiger partial charge in [0.15, 0.2) is 5.82 Å². The SMILES string of the molecule is COc1ccc(OC)c2c1CN(Cc1noc(-c3cccc(C)c3)n1)C[C@@H]2O. The van der Waals surface area contributed by atoms with Crippen molar-refractivity contribution in [3.05, 3.63) is 58.9 Å². The Morgan fingerprint density at radius 3 is 2.71 bits per heavy atom. The third kappa shape index (κ3) is 3.46. The van der Waals surface area contributed by atoms with Crippen molar-refractivity contribution in [1.29, 1.82) is 0 Å². The molecule has 1 atom stereocenters. The molecule has 2 aromatic carbocycles. The number of aryl methyl sites for hydroxylation is 1. The maximum Gasteiger partial charge on any atom is 0.257 e. The smallest absolute Gasteiger partial charge is 0.257 e. The third-order valence-electron chi connectivity index (χ3n) is 4.96. The Balaban J connectivity index is 1.56. The quantitative estimate of drug-likeness (QED) is 0.727. The van der Waals surface area contributed by atoms with E-state index in [1.54, 1.807) is 14.2 Å². The van der Waals surface area contributed by atoms with Gasteiger partial charge in [-0.25, -0.2) is 0 Å². The number of fused-ring (bicyclic) bond motifs is 1. The second-order valence-corrected chi connectivity index (χ2v) is 6.93. The summed E-state index contributed by atoms with van der Waals surface area (Å²) in [5.74, 6) is 2.47. The lowest BCUT2D eigenvalue weighted by molar-refractivity contribution is 0.0823. The third-order valence-corrected chi connectivity index (χ3v) is 4.96. The van der Waals surface area contributed by atoms with E-state index in [-0.39, 0.29) is 0 Å². The van der Waals surface area contributed by atoms with Crippen molar-refractivity contribution in [2.24, 2.45) is 0 Å². The molecule has 0 fully saturated rings. The first kappa shape index (κ1) is 18.5. The minimum atomic E-state index is -0.683. The Kier molecular flexibility index (Phi) is 5.02. The van der Waals surface area contributed by atoms with Crippen LogP contribution < -0.4 is 9.47 Å². The van der Waals surface area contributed by atoms with Crippen LogP contribution in [0.5, 0.6) is 11.5 Å². The molecule has 1 aliphatic heterocycles. The Bertz CT molecular complexity index is 986. The molecule has 0 saturated heterocycles. The van der Waals surface area contributed by atoms with Crippen LogP contribution in [0.1, 0.15) is 28.6 Å². The molecule has 28 heavy (non-hydrogen) atoms. The van der Waals surface area contributed by atoms with E-state index in [0.29, 0.717) is 37.1 Å². The number of aliphatic hydroxyl groups is 1. The van der Waals surface area contributed by atoms with Gasteiger partial charge >= 0.3 is 0 Å². The number of hydrogen-bond donors (Lipinski definition) is 1. The van der Waals surface area contributed by atoms with E-state index in [4.69, 9.17) is 14.0 Å². The first-order chi connectivity index (χ1) is 13.6. The van der Waals surface area contributed by atoms with Crippen molar-refractivity contribution in [3.63, 3.8) is 0 Å². The lowest BCUT2D eigenvalue weighted by atomic mass is 9.95. The molecule has 0 saturated carbocycles. The van der Waals surface area contributed by atoms with Crippen molar-refractivity contribution in [2.75, 3.05) is 20.8 Å². The predicted octanol–water partition coefficient (Wildman–Crippen LogP) is 3.11. The molecule has 0 spiro atoms. The average Bonchev–Trinajstić information content (AvgIpc) is 3.15. The summed E-state index contributed by atoms with van der Waals surface area (Å²) in [6.07, 6.45) is -0.683. The fourth-order valence-electron chi connectivity index (χ4n) is 3.68. The minimum Gasteiger partial charge on any atom is -0.496 e. The molecular weight excluding hydrogens is 358 g/mol. The van der Waals surface area contributed by atoms with Crippen LogP contribution in [0.15, 0.2) is 40.9 Å². The van der Waals surface area contributed by atoms with E-state index < -0.39 is 6.10 Å². The summed E-state index contributed by atoms with van der Waals surface area (Å²) in [6, 6.07) is 11.6. The van der Waals surface area contributed by atoms with E-state index in [9.17, 15) is 5.11 Å². The molecule has 3 aromatic rings. The predicted molar refractivity (Wildman–Crippen MR) is 103 cm³/mol. The molecule has 0 unspecified atom stereocenters. The van der Waals surface area contributed by atoms with Crippen LogP contribution in [-0.2, 0) is 13.1 Å². The summed E-state index contributed by atoms with van der Waals surface area (Å²) in [6.45, 7) is 3.53. The summed E-state index contributed by atoms with van der Waals surface area (Å²) in [4.78, 5) is 6.59. The molecule has 0 amide bonds. The number of methoxy groups -OCH3 is 2. The largest absolute Gasteiger partial charge is 0.496 e. The van der Waals surface area contributed by atoms with Crippen LogP contribution in [0.25, 0.3) is 11.5 Å². The maximum absolute atomic E-state index is 10.7. The maximum atomic E-state index is 10.7. The van der Waals surface area contributed by atoms with Gasteiger partial charge in [0.05, 0.1) is 26.9 Å². The number of aromatic nitrogens is 2. The highest BCUT2D eigenvalue weighted by molar-refractivity contribution is 5.54. The summed E-state index contributed by atoms with van der Waals surface area (Å²) < 4.78 is 16.3. The van der Waals surface area contributed by atoms with Crippen molar-refractivity contribution < 1.29 is 19.1 Å². The Morgan fingerprint density at radius 1 is 1.18 bits per heavy atom. The van der Waals surface area contributed by atoms with Gasteiger partial charge in [0.25, 0.3) is 5.89 Å². The van der Waals surface area contributed by atoms with Gasteiger partial charge in [0, 0.05) is 29.8 Å². The van der Waals surface area contributed by atoms with E-state index in [1.807, 2.05) is 43.3 Å². The summed E-state index contributed by atoms with van der Waals surface area (Å²) in [5, 5.41) is 14.8. The van der Waals surface area contributed by atoms with Gasteiger partial charge in [-0.1, -0.05) is 22.9 Å². The van der Waals surface area contributed by atoms with Gasteiger partial charge < -0.3 is 19.1 Å². The molecule has 0 aliphatic carbocycles. The lowest BCUT2D eigenvalue weighted by Gasteiger charge is -2.33. The zero-order valence-electron chi connectivity index (χ0n) is 16.2. The fourth-order valence-corrected chi connectivity index (χ4v) is 3.68. The molecule has 1 aromatic heterocycles. The van der Waals surface area contributed by atoms with Crippen LogP contribution >= 0.6 is 0 Å². The standard InChI is InChI=1S/C21H23N3O4/c1-13-5-4-6-14(9-13)21-22-19(23-28-21)12-24-10-15-17(26-2)7-8-18(27-3)20(15)16(25)11-24/h4-9,16,25H,10-12H2,1-3H3/t16-/m0/s1. The van der Waals surface area contributed by atoms with E-state index in [2.05, 4.69) is 15.0 Å². The molecule has 7 heteroatoms. The molecule has 2 heterocycles. The highest BCUT2D eigenvalue weighted by Gasteiger charge is 2.30. The lowest BCUT2D eigenvalue weighted by Crippen LogP contribution is -2.34. The topological polar surface area (TPSA) is 80.9 Å². The van der Waals surface area contributed by atoms with Crippen LogP contribution in [0.4, 0.5) is 0 Å². The zero-order valence-corrected chi connectivity index (χ0v) is 16.2. The number of nitrogens with zero attached hydrogens (tertiary/aromatic N) is 3. The normalized spacial score (nSPS) is 16.6. The van der Waals surface area contributed by atoms with Crippen LogP contribution in [-0.4, -0.2) is 40.9 Å². The second kappa shape index (κ2) is 7.61. The number of hydrogen-bond acceptors (Lipinski definition) is 7. The summed E-state index contributed by atoms with van der Waals surface area (Å²) >= 11 is 0. The Hall–Kier alpha value is -2.90. The highest BCUT2D eigenvalue weighted by atomic mass is 16.5. The van der Waals surface area contributed by atoms with Crippen molar-refractivity contribution in [3.8, 4) is 23.0 Å². The van der Waals surface area contributed by atoms with Gasteiger partial charge in [0.2, 0.25) is 0 Å². The van der Waals surface area contributed by atoms with E-state index in [0.717, 1.165) is 28.0 Å². The zero-order chi connectivity index (χ0) is 19.7. The summed E-state index contributed by atoms with van der Waals surface area (Å²) in [5.41, 5.74) is 3.73. The molecule has 146 valence electrons. The van der Waals surface area contributed by atoms with Gasteiger partial charge in [-0.05, 0) is 31.2 Å². The Morgan fingerprint density at radius 2 is 1.96 bits per heavy atom. The van der Waals surface area contributed by atoms with Gasteiger partial charge in [-0.2, -0.15) is 4.98 Å². The van der Waals surface area contributed by atoms with Crippen LogP contribution in [0.3, 0.4) is 0 Å². The van der Waals surface area contributed by atoms with E-state index >= 15 is 0 Å². The Labute approximate surface area is 163 Å². The molecule has 4 rings (SSSR count). The number of β-amino-alcohol motifs (C(OH)–C–C–N with tert-alkyl or cyclic N) is 1. The molecule has 0 radical (unpaired) electrons. The molecule has 7 nitrogen and oxygen atoms in total. The molecule has 1 N–H and O–H groups in total. The number of rotatable bonds is 5. The fraction of sp³-hybridized carbons (Fsp3) is 0.333. The first-order valence-electron chi connectivity index (χ1n) is 9.13. The highest BCUT2D eigenvalue weighted by Crippen LogP contribution is 2.39. The van der Waals surface area contributed by atoms with Crippen molar-refractivity contribution >= 4 is 0 Å². The van der Waals surface area contributed by atoms with E-state index in [1.165, 1.54) is 0 Å². The van der Waals surface area contributed by atoms with Crippen LogP contribution in [0.2, 0.25) is 0 Å². The second-order valence-electron chi connectivity index (χ2n) is 6.93. The monoisotopic (exact) mass is 381 g/mol. The average molecular weight is 381 g/mol. The molecular formula is C21H23N3O4. The molecule has 0 bridgehead atoms. The van der Waals surface area contributed by atoms with Crippen molar-refractivity contribution in [2.45, 2.75) is 26.1 Å². The first-order valence-corrected chi connectivity index (χ1v) is 9.13. The molecule has 1 aliphatic rings. The number of aliphatic hydroxyl groups excluding tert-OH is 1. The van der Waals surface area contributed by atoms with Gasteiger partial charge in [0.1, 0.15) is 11.5 Å². The summed E-state index contributed by atoms with van der Waals surface area (Å²) in [7, 11) is 3.23. The minimum absolute atomic E-state index is 0.449.